The lowest BCUT2D eigenvalue weighted by Gasteiger charge is -2.17. The standard InChI is InChI=1S/C11H16N2O3/c14-7-9-3-1-2-8(9)6-13-5-4-10(15)12-11(13)16/h4-5,8-9,14H,1-3,6-7H2,(H,12,15,16)/t8-,9+/m0/s1. The van der Waals surface area contributed by atoms with Crippen molar-refractivity contribution in [1.82, 2.24) is 9.55 Å². The predicted octanol–water partition coefficient (Wildman–Crippen LogP) is -0.0548. The molecule has 0 radical (unpaired) electrons. The number of nitrogens with zero attached hydrogens (tertiary/aromatic N) is 1. The second-order valence-electron chi connectivity index (χ2n) is 4.40. The molecule has 0 bridgehead atoms. The van der Waals surface area contributed by atoms with Crippen molar-refractivity contribution in [2.75, 3.05) is 6.61 Å². The van der Waals surface area contributed by atoms with Gasteiger partial charge >= 0.3 is 5.69 Å². The first-order chi connectivity index (χ1) is 7.70. The van der Waals surface area contributed by atoms with Crippen LogP contribution in [0.1, 0.15) is 19.3 Å². The van der Waals surface area contributed by atoms with Crippen LogP contribution in [0.15, 0.2) is 21.9 Å². The second-order valence-corrected chi connectivity index (χ2v) is 4.40. The molecular formula is C11H16N2O3. The van der Waals surface area contributed by atoms with Crippen molar-refractivity contribution in [2.45, 2.75) is 25.8 Å². The highest BCUT2D eigenvalue weighted by Gasteiger charge is 2.26. The van der Waals surface area contributed by atoms with Crippen LogP contribution in [0.2, 0.25) is 0 Å². The number of hydrogen-bond acceptors (Lipinski definition) is 3. The summed E-state index contributed by atoms with van der Waals surface area (Å²) in [7, 11) is 0. The van der Waals surface area contributed by atoms with Crippen molar-refractivity contribution in [1.29, 1.82) is 0 Å². The highest BCUT2D eigenvalue weighted by molar-refractivity contribution is 4.85. The van der Waals surface area contributed by atoms with Crippen molar-refractivity contribution in [2.24, 2.45) is 11.8 Å². The van der Waals surface area contributed by atoms with Crippen LogP contribution in [0, 0.1) is 11.8 Å². The largest absolute Gasteiger partial charge is 0.396 e. The molecule has 2 N–H and O–H groups in total. The maximum Gasteiger partial charge on any atom is 0.328 e. The van der Waals surface area contributed by atoms with Gasteiger partial charge in [0.2, 0.25) is 0 Å². The minimum absolute atomic E-state index is 0.183. The summed E-state index contributed by atoms with van der Waals surface area (Å²) in [4.78, 5) is 24.6. The third-order valence-corrected chi connectivity index (χ3v) is 3.38. The monoisotopic (exact) mass is 224 g/mol. The van der Waals surface area contributed by atoms with E-state index in [2.05, 4.69) is 4.98 Å². The molecule has 2 atom stereocenters. The fourth-order valence-corrected chi connectivity index (χ4v) is 2.43. The van der Waals surface area contributed by atoms with Gasteiger partial charge in [0.25, 0.3) is 5.56 Å². The number of aliphatic hydroxyl groups is 1. The van der Waals surface area contributed by atoms with Crippen molar-refractivity contribution in [3.63, 3.8) is 0 Å². The van der Waals surface area contributed by atoms with E-state index in [0.29, 0.717) is 18.4 Å². The van der Waals surface area contributed by atoms with Gasteiger partial charge in [-0.25, -0.2) is 4.79 Å². The molecule has 0 aromatic carbocycles. The van der Waals surface area contributed by atoms with E-state index >= 15 is 0 Å². The van der Waals surface area contributed by atoms with E-state index in [1.54, 1.807) is 0 Å². The van der Waals surface area contributed by atoms with E-state index in [1.165, 1.54) is 16.8 Å². The molecule has 0 unspecified atom stereocenters. The summed E-state index contributed by atoms with van der Waals surface area (Å²) in [5.41, 5.74) is -0.734. The van der Waals surface area contributed by atoms with Crippen molar-refractivity contribution >= 4 is 0 Å². The molecule has 1 aromatic heterocycles. The predicted molar refractivity (Wildman–Crippen MR) is 59.2 cm³/mol. The minimum atomic E-state index is -0.369. The molecule has 0 amide bonds. The second kappa shape index (κ2) is 4.65. The summed E-state index contributed by atoms with van der Waals surface area (Å²) in [6.07, 6.45) is 4.69. The zero-order chi connectivity index (χ0) is 11.5. The molecular weight excluding hydrogens is 208 g/mol. The Morgan fingerprint density at radius 2 is 2.12 bits per heavy atom. The van der Waals surface area contributed by atoms with Crippen LogP contribution in [-0.4, -0.2) is 21.3 Å². The van der Waals surface area contributed by atoms with E-state index in [4.69, 9.17) is 0 Å². The lowest BCUT2D eigenvalue weighted by atomic mass is 9.97. The Labute approximate surface area is 92.7 Å². The van der Waals surface area contributed by atoms with Gasteiger partial charge in [0, 0.05) is 25.4 Å². The molecule has 2 rings (SSSR count). The minimum Gasteiger partial charge on any atom is -0.396 e. The Kier molecular flexibility index (Phi) is 3.24. The molecule has 1 fully saturated rings. The van der Waals surface area contributed by atoms with E-state index in [0.717, 1.165) is 19.3 Å². The zero-order valence-electron chi connectivity index (χ0n) is 9.06. The highest BCUT2D eigenvalue weighted by Crippen LogP contribution is 2.31. The molecule has 16 heavy (non-hydrogen) atoms. The average molecular weight is 224 g/mol. The Bertz CT molecular complexity index is 463. The van der Waals surface area contributed by atoms with E-state index in [-0.39, 0.29) is 17.9 Å². The van der Waals surface area contributed by atoms with Crippen LogP contribution in [0.25, 0.3) is 0 Å². The fourth-order valence-electron chi connectivity index (χ4n) is 2.43. The van der Waals surface area contributed by atoms with Gasteiger partial charge in [-0.1, -0.05) is 6.42 Å². The average Bonchev–Trinajstić information content (AvgIpc) is 2.69. The molecule has 5 heteroatoms. The Morgan fingerprint density at radius 1 is 1.38 bits per heavy atom. The molecule has 1 heterocycles. The van der Waals surface area contributed by atoms with Gasteiger partial charge in [-0.2, -0.15) is 0 Å². The van der Waals surface area contributed by atoms with Crippen LogP contribution >= 0.6 is 0 Å². The van der Waals surface area contributed by atoms with Gasteiger partial charge in [-0.15, -0.1) is 0 Å². The normalized spacial score (nSPS) is 24.8. The lowest BCUT2D eigenvalue weighted by Crippen LogP contribution is -2.31. The third kappa shape index (κ3) is 2.24. The van der Waals surface area contributed by atoms with E-state index < -0.39 is 0 Å². The number of H-pyrrole nitrogens is 1. The van der Waals surface area contributed by atoms with Crippen LogP contribution in [0.3, 0.4) is 0 Å². The first kappa shape index (κ1) is 11.1. The van der Waals surface area contributed by atoms with Crippen LogP contribution in [-0.2, 0) is 6.54 Å². The van der Waals surface area contributed by atoms with Gasteiger partial charge in [0.05, 0.1) is 0 Å². The van der Waals surface area contributed by atoms with Crippen LogP contribution in [0.4, 0.5) is 0 Å². The van der Waals surface area contributed by atoms with Crippen molar-refractivity contribution in [3.05, 3.63) is 33.1 Å². The number of aromatic nitrogens is 2. The van der Waals surface area contributed by atoms with Gasteiger partial charge < -0.3 is 9.67 Å². The van der Waals surface area contributed by atoms with E-state index in [9.17, 15) is 14.7 Å². The summed E-state index contributed by atoms with van der Waals surface area (Å²) in [5.74, 6) is 0.632. The lowest BCUT2D eigenvalue weighted by molar-refractivity contribution is 0.183. The first-order valence-corrected chi connectivity index (χ1v) is 5.61. The van der Waals surface area contributed by atoms with Gasteiger partial charge in [0.15, 0.2) is 0 Å². The van der Waals surface area contributed by atoms with Crippen LogP contribution < -0.4 is 11.2 Å². The molecule has 1 aliphatic rings. The molecule has 0 aliphatic heterocycles. The number of nitrogens with one attached hydrogen (secondary N) is 1. The Hall–Kier alpha value is -1.36. The summed E-state index contributed by atoms with van der Waals surface area (Å²) in [5, 5.41) is 9.18. The molecule has 0 spiro atoms. The summed E-state index contributed by atoms with van der Waals surface area (Å²) in [6, 6.07) is 1.35. The number of aromatic amines is 1. The van der Waals surface area contributed by atoms with Gasteiger partial charge in [-0.3, -0.25) is 9.78 Å². The fraction of sp³-hybridized carbons (Fsp3) is 0.636. The van der Waals surface area contributed by atoms with E-state index in [1.807, 2.05) is 0 Å². The maximum atomic E-state index is 11.5. The third-order valence-electron chi connectivity index (χ3n) is 3.38. The van der Waals surface area contributed by atoms with Gasteiger partial charge in [-0.05, 0) is 24.7 Å². The van der Waals surface area contributed by atoms with Crippen LogP contribution in [0.5, 0.6) is 0 Å². The zero-order valence-corrected chi connectivity index (χ0v) is 9.06. The number of hydrogen-bond donors (Lipinski definition) is 2. The first-order valence-electron chi connectivity index (χ1n) is 5.61. The summed E-state index contributed by atoms with van der Waals surface area (Å²) < 4.78 is 1.51. The molecule has 0 saturated heterocycles. The van der Waals surface area contributed by atoms with Crippen molar-refractivity contribution in [3.8, 4) is 0 Å². The number of rotatable bonds is 3. The van der Waals surface area contributed by atoms with Crippen molar-refractivity contribution < 1.29 is 5.11 Å². The topological polar surface area (TPSA) is 75.1 Å². The molecule has 1 aromatic rings. The molecule has 88 valence electrons. The molecule has 5 nitrogen and oxygen atoms in total. The Morgan fingerprint density at radius 3 is 2.81 bits per heavy atom. The quantitative estimate of drug-likeness (QED) is 0.755. The molecule has 1 aliphatic carbocycles. The van der Waals surface area contributed by atoms with Gasteiger partial charge in [0.1, 0.15) is 0 Å². The maximum absolute atomic E-state index is 11.5. The Balaban J connectivity index is 2.14. The summed E-state index contributed by atoms with van der Waals surface area (Å²) >= 11 is 0. The molecule has 1 saturated carbocycles. The highest BCUT2D eigenvalue weighted by atomic mass is 16.3. The smallest absolute Gasteiger partial charge is 0.328 e. The SMILES string of the molecule is O=c1ccn(C[C@@H]2CCC[C@@H]2CO)c(=O)[nH]1. The summed E-state index contributed by atoms with van der Waals surface area (Å²) in [6.45, 7) is 0.767. The number of aliphatic hydroxyl groups excluding tert-OH is 1.